The highest BCUT2D eigenvalue weighted by atomic mass is 32.1. The van der Waals surface area contributed by atoms with Crippen LogP contribution in [0.3, 0.4) is 0 Å². The molecule has 1 fully saturated rings. The van der Waals surface area contributed by atoms with E-state index in [0.717, 1.165) is 73.3 Å². The van der Waals surface area contributed by atoms with Crippen LogP contribution < -0.4 is 4.90 Å². The quantitative estimate of drug-likeness (QED) is 0.0797. The van der Waals surface area contributed by atoms with Crippen LogP contribution in [0.1, 0.15) is 79.4 Å². The van der Waals surface area contributed by atoms with E-state index in [9.17, 15) is 9.90 Å². The van der Waals surface area contributed by atoms with E-state index in [4.69, 9.17) is 19.9 Å². The fourth-order valence-corrected chi connectivity index (χ4v) is 11.2. The first-order chi connectivity index (χ1) is 26.4. The van der Waals surface area contributed by atoms with E-state index in [2.05, 4.69) is 82.4 Å². The fourth-order valence-electron chi connectivity index (χ4n) is 8.34. The topological polar surface area (TPSA) is 109 Å². The van der Waals surface area contributed by atoms with Crippen LogP contribution in [0.5, 0.6) is 0 Å². The summed E-state index contributed by atoms with van der Waals surface area (Å²) in [6.07, 6.45) is 10.4. The Bertz CT molecular complexity index is 2600. The minimum Gasteiger partial charge on any atom is -0.486 e. The third kappa shape index (κ3) is 5.91. The van der Waals surface area contributed by atoms with Crippen molar-refractivity contribution in [2.75, 3.05) is 4.90 Å². The second-order valence-electron chi connectivity index (χ2n) is 14.2. The van der Waals surface area contributed by atoms with Crippen molar-refractivity contribution in [3.8, 4) is 31.3 Å². The Balaban J connectivity index is 1.15. The van der Waals surface area contributed by atoms with Crippen molar-refractivity contribution >= 4 is 79.9 Å². The first-order valence-electron chi connectivity index (χ1n) is 18.4. The lowest BCUT2D eigenvalue weighted by atomic mass is 9.91. The third-order valence-electron chi connectivity index (χ3n) is 10.8. The molecular formula is C42H36N6O3S3. The minimum atomic E-state index is -1.23. The molecule has 3 aromatic heterocycles. The Morgan fingerprint density at radius 3 is 2.54 bits per heavy atom. The van der Waals surface area contributed by atoms with Gasteiger partial charge in [-0.25, -0.2) is 9.47 Å². The summed E-state index contributed by atoms with van der Waals surface area (Å²) in [6, 6.07) is 22.3. The molecular weight excluding hydrogens is 733 g/mol. The molecule has 9 rings (SSSR count). The highest BCUT2D eigenvalue weighted by Crippen LogP contribution is 2.57. The molecule has 1 aliphatic carbocycles. The van der Waals surface area contributed by atoms with Gasteiger partial charge in [0.2, 0.25) is 0 Å². The number of rotatable bonds is 11. The SMILES string of the molecule is [C-]#[N+]/C(=C\c1ccc(-c2sc(-c3c4c(c(-c5ccc6c(c5)C5CCCC5N6c5ccc(C)cc5)c5nonc35)N=S=N4)cc2CCCCCC)s1)C(=O)O. The number of anilines is 2. The number of unbranched alkanes of at least 4 members (excludes halogenated alkanes) is 3. The van der Waals surface area contributed by atoms with Crippen molar-refractivity contribution in [3.63, 3.8) is 0 Å². The van der Waals surface area contributed by atoms with Crippen molar-refractivity contribution in [2.24, 2.45) is 8.73 Å². The lowest BCUT2D eigenvalue weighted by molar-refractivity contribution is -0.132. The molecule has 0 amide bonds. The van der Waals surface area contributed by atoms with Crippen LogP contribution in [-0.4, -0.2) is 27.4 Å². The zero-order valence-corrected chi connectivity index (χ0v) is 32.3. The van der Waals surface area contributed by atoms with Crippen molar-refractivity contribution in [1.29, 1.82) is 0 Å². The highest BCUT2D eigenvalue weighted by molar-refractivity contribution is 7.58. The van der Waals surface area contributed by atoms with Gasteiger partial charge in [-0.15, -0.1) is 22.7 Å². The van der Waals surface area contributed by atoms with E-state index < -0.39 is 5.97 Å². The maximum absolute atomic E-state index is 11.5. The molecule has 5 heterocycles. The van der Waals surface area contributed by atoms with Crippen LogP contribution in [0.2, 0.25) is 0 Å². The number of hydrogen-bond donors (Lipinski definition) is 1. The Morgan fingerprint density at radius 1 is 0.963 bits per heavy atom. The van der Waals surface area contributed by atoms with Crippen LogP contribution in [0.25, 0.3) is 53.3 Å². The van der Waals surface area contributed by atoms with Gasteiger partial charge in [0.25, 0.3) is 5.70 Å². The highest BCUT2D eigenvalue weighted by Gasteiger charge is 2.42. The standard InChI is InChI=1S/C42H36N6O3S3/c1-4-5-6-7-9-25-21-34(53-41(25)33-19-17-27(52-33)22-30(43-3)42(49)50)36-38-37(44-51-45-38)35(39-40(36)47-54-46-39)24-14-18-32-29(20-24)28-10-8-11-31(28)48(32)26-15-12-23(2)13-16-26/h12-22,28,31H,4-11H2,1-2H3,(H,49,50)/b30-22-. The van der Waals surface area contributed by atoms with Gasteiger partial charge in [-0.05, 0) is 108 Å². The molecule has 1 N–H and O–H groups in total. The summed E-state index contributed by atoms with van der Waals surface area (Å²) >= 11 is 4.36. The maximum Gasteiger partial charge on any atom is 0.333 e. The molecule has 3 aromatic carbocycles. The molecule has 1 saturated carbocycles. The summed E-state index contributed by atoms with van der Waals surface area (Å²) in [5.41, 5.74) is 11.8. The number of aliphatic carboxylic acids is 1. The summed E-state index contributed by atoms with van der Waals surface area (Å²) in [5.74, 6) is -0.766. The molecule has 2 atom stereocenters. The first kappa shape index (κ1) is 34.5. The fraction of sp³-hybridized carbons (Fsp3) is 0.286. The van der Waals surface area contributed by atoms with E-state index in [0.29, 0.717) is 23.0 Å². The molecule has 54 heavy (non-hydrogen) atoms. The number of carboxylic acid groups (broad SMARTS) is 1. The molecule has 0 bridgehead atoms. The van der Waals surface area contributed by atoms with Gasteiger partial charge in [0.05, 0.1) is 23.5 Å². The smallest absolute Gasteiger partial charge is 0.333 e. The Labute approximate surface area is 324 Å². The zero-order chi connectivity index (χ0) is 36.9. The number of carbonyl (C=O) groups is 1. The third-order valence-corrected chi connectivity index (χ3v) is 13.8. The van der Waals surface area contributed by atoms with Crippen molar-refractivity contribution in [1.82, 2.24) is 10.3 Å². The molecule has 3 aliphatic rings. The van der Waals surface area contributed by atoms with Gasteiger partial charge >= 0.3 is 5.97 Å². The van der Waals surface area contributed by atoms with Gasteiger partial charge < -0.3 is 10.0 Å². The summed E-state index contributed by atoms with van der Waals surface area (Å²) in [4.78, 5) is 21.2. The van der Waals surface area contributed by atoms with Gasteiger partial charge in [0.15, 0.2) is 0 Å². The largest absolute Gasteiger partial charge is 0.486 e. The predicted molar refractivity (Wildman–Crippen MR) is 219 cm³/mol. The van der Waals surface area contributed by atoms with Gasteiger partial charge in [0, 0.05) is 48.4 Å². The Kier molecular flexibility index (Phi) is 9.09. The molecule has 270 valence electrons. The van der Waals surface area contributed by atoms with Crippen molar-refractivity contribution in [3.05, 3.63) is 99.3 Å². The second-order valence-corrected chi connectivity index (χ2v) is 16.9. The number of fused-ring (bicyclic) bond motifs is 5. The van der Waals surface area contributed by atoms with E-state index in [1.54, 1.807) is 11.3 Å². The molecule has 2 unspecified atom stereocenters. The van der Waals surface area contributed by atoms with Crippen LogP contribution in [0, 0.1) is 13.5 Å². The summed E-state index contributed by atoms with van der Waals surface area (Å²) in [7, 11) is 0. The summed E-state index contributed by atoms with van der Waals surface area (Å²) in [6.45, 7) is 11.6. The summed E-state index contributed by atoms with van der Waals surface area (Å²) in [5, 5.41) is 18.5. The van der Waals surface area contributed by atoms with Crippen LogP contribution >= 0.6 is 22.7 Å². The molecule has 6 aromatic rings. The monoisotopic (exact) mass is 768 g/mol. The summed E-state index contributed by atoms with van der Waals surface area (Å²) < 4.78 is 15.3. The number of benzene rings is 3. The molecule has 0 radical (unpaired) electrons. The van der Waals surface area contributed by atoms with Gasteiger partial charge in [-0.2, -0.15) is 8.73 Å². The van der Waals surface area contributed by atoms with E-state index in [1.165, 1.54) is 82.5 Å². The zero-order valence-electron chi connectivity index (χ0n) is 29.8. The average molecular weight is 769 g/mol. The molecule has 2 aliphatic heterocycles. The maximum atomic E-state index is 11.5. The lowest BCUT2D eigenvalue weighted by Crippen LogP contribution is -2.26. The van der Waals surface area contributed by atoms with Gasteiger partial charge in [-0.1, -0.05) is 56.4 Å². The number of nitrogens with zero attached hydrogens (tertiary/aromatic N) is 6. The molecule has 0 saturated heterocycles. The minimum absolute atomic E-state index is 0.301. The van der Waals surface area contributed by atoms with E-state index >= 15 is 0 Å². The predicted octanol–water partition coefficient (Wildman–Crippen LogP) is 12.6. The van der Waals surface area contributed by atoms with Crippen LogP contribution in [0.4, 0.5) is 22.7 Å². The normalized spacial score (nSPS) is 17.1. The first-order valence-corrected chi connectivity index (χ1v) is 20.8. The lowest BCUT2D eigenvalue weighted by Gasteiger charge is -2.27. The Hall–Kier alpha value is -5.22. The van der Waals surface area contributed by atoms with Gasteiger partial charge in [-0.3, -0.25) is 4.79 Å². The number of thiophene rings is 2. The molecule has 9 nitrogen and oxygen atoms in total. The van der Waals surface area contributed by atoms with Crippen molar-refractivity contribution < 1.29 is 14.5 Å². The molecule has 0 spiro atoms. The van der Waals surface area contributed by atoms with Crippen molar-refractivity contribution in [2.45, 2.75) is 77.2 Å². The Morgan fingerprint density at radius 2 is 1.76 bits per heavy atom. The number of aromatic nitrogens is 2. The van der Waals surface area contributed by atoms with E-state index in [-0.39, 0.29) is 5.70 Å². The number of hydrogen-bond acceptors (Lipinski definition) is 9. The van der Waals surface area contributed by atoms with Gasteiger partial charge in [0.1, 0.15) is 22.4 Å². The number of aryl methyl sites for hydroxylation is 2. The number of carboxylic acids is 1. The molecule has 12 heteroatoms. The van der Waals surface area contributed by atoms with Crippen LogP contribution in [-0.2, 0) is 22.6 Å². The van der Waals surface area contributed by atoms with E-state index in [1.807, 2.05) is 12.1 Å². The van der Waals surface area contributed by atoms with Crippen LogP contribution in [0.15, 0.2) is 79.7 Å². The second kappa shape index (κ2) is 14.2. The average Bonchev–Trinajstić information content (AvgIpc) is 4.03.